The summed E-state index contributed by atoms with van der Waals surface area (Å²) >= 11 is 5.13. The lowest BCUT2D eigenvalue weighted by Crippen LogP contribution is -2.22. The molecule has 3 rings (SSSR count). The SMILES string of the molecule is CCC(N)Cc1c(-c2ccc(Br)cc2)nc2sccn12. The molecule has 0 spiro atoms. The van der Waals surface area contributed by atoms with Gasteiger partial charge in [0.05, 0.1) is 11.4 Å². The molecule has 0 saturated heterocycles. The Labute approximate surface area is 130 Å². The summed E-state index contributed by atoms with van der Waals surface area (Å²) < 4.78 is 3.24. The maximum Gasteiger partial charge on any atom is 0.194 e. The molecule has 0 aliphatic heterocycles. The number of aromatic nitrogens is 2. The first-order valence-electron chi connectivity index (χ1n) is 6.65. The van der Waals surface area contributed by atoms with E-state index in [-0.39, 0.29) is 6.04 Å². The van der Waals surface area contributed by atoms with Crippen LogP contribution in [0.2, 0.25) is 0 Å². The molecule has 0 bridgehead atoms. The molecule has 0 fully saturated rings. The number of halogens is 1. The summed E-state index contributed by atoms with van der Waals surface area (Å²) in [6, 6.07) is 8.46. The number of rotatable bonds is 4. The van der Waals surface area contributed by atoms with Gasteiger partial charge in [-0.3, -0.25) is 4.40 Å². The molecular formula is C15H16BrN3S. The molecule has 0 amide bonds. The van der Waals surface area contributed by atoms with E-state index < -0.39 is 0 Å². The van der Waals surface area contributed by atoms with E-state index in [0.717, 1.165) is 33.5 Å². The first kappa shape index (κ1) is 13.8. The molecule has 0 radical (unpaired) electrons. The number of benzene rings is 1. The smallest absolute Gasteiger partial charge is 0.194 e. The second-order valence-electron chi connectivity index (χ2n) is 4.84. The summed E-state index contributed by atoms with van der Waals surface area (Å²) in [7, 11) is 0. The molecule has 1 aromatic carbocycles. The normalized spacial score (nSPS) is 12.9. The third-order valence-corrected chi connectivity index (χ3v) is 4.74. The molecule has 2 aromatic heterocycles. The van der Waals surface area contributed by atoms with Gasteiger partial charge in [0, 0.05) is 34.1 Å². The number of hydrogen-bond acceptors (Lipinski definition) is 3. The van der Waals surface area contributed by atoms with Gasteiger partial charge in [0.1, 0.15) is 0 Å². The van der Waals surface area contributed by atoms with Crippen LogP contribution in [0.5, 0.6) is 0 Å². The van der Waals surface area contributed by atoms with Gasteiger partial charge >= 0.3 is 0 Å². The van der Waals surface area contributed by atoms with Gasteiger partial charge in [0.2, 0.25) is 0 Å². The van der Waals surface area contributed by atoms with Crippen LogP contribution in [0.25, 0.3) is 16.2 Å². The first-order chi connectivity index (χ1) is 9.69. The van der Waals surface area contributed by atoms with Crippen LogP contribution in [0.3, 0.4) is 0 Å². The first-order valence-corrected chi connectivity index (χ1v) is 8.32. The molecule has 5 heteroatoms. The van der Waals surface area contributed by atoms with Crippen molar-refractivity contribution in [2.75, 3.05) is 0 Å². The summed E-state index contributed by atoms with van der Waals surface area (Å²) in [5.41, 5.74) is 9.55. The highest BCUT2D eigenvalue weighted by Gasteiger charge is 2.16. The van der Waals surface area contributed by atoms with Crippen LogP contribution in [-0.2, 0) is 6.42 Å². The van der Waals surface area contributed by atoms with Crippen LogP contribution in [-0.4, -0.2) is 15.4 Å². The molecule has 0 aliphatic carbocycles. The molecule has 2 N–H and O–H groups in total. The molecule has 0 saturated carbocycles. The highest BCUT2D eigenvalue weighted by molar-refractivity contribution is 9.10. The van der Waals surface area contributed by atoms with Crippen LogP contribution in [0.15, 0.2) is 40.3 Å². The number of nitrogens with zero attached hydrogens (tertiary/aromatic N) is 2. The van der Waals surface area contributed by atoms with E-state index in [9.17, 15) is 0 Å². The van der Waals surface area contributed by atoms with Gasteiger partial charge < -0.3 is 5.73 Å². The maximum absolute atomic E-state index is 6.15. The fourth-order valence-corrected chi connectivity index (χ4v) is 3.26. The second-order valence-corrected chi connectivity index (χ2v) is 6.63. The van der Waals surface area contributed by atoms with Crippen molar-refractivity contribution in [2.24, 2.45) is 5.73 Å². The van der Waals surface area contributed by atoms with E-state index in [1.807, 2.05) is 12.1 Å². The lowest BCUT2D eigenvalue weighted by Gasteiger charge is -2.10. The lowest BCUT2D eigenvalue weighted by atomic mass is 10.0. The van der Waals surface area contributed by atoms with Crippen molar-refractivity contribution in [3.63, 3.8) is 0 Å². The fraction of sp³-hybridized carbons (Fsp3) is 0.267. The second kappa shape index (κ2) is 5.68. The molecule has 1 atom stereocenters. The summed E-state index contributed by atoms with van der Waals surface area (Å²) in [6.07, 6.45) is 3.89. The van der Waals surface area contributed by atoms with Crippen molar-refractivity contribution in [3.8, 4) is 11.3 Å². The average molecular weight is 350 g/mol. The molecule has 0 aliphatic rings. The minimum absolute atomic E-state index is 0.170. The zero-order valence-corrected chi connectivity index (χ0v) is 13.6. The van der Waals surface area contributed by atoms with Crippen LogP contribution in [0, 0.1) is 0 Å². The Morgan fingerprint density at radius 2 is 2.10 bits per heavy atom. The molecule has 3 nitrogen and oxygen atoms in total. The quantitative estimate of drug-likeness (QED) is 0.770. The lowest BCUT2D eigenvalue weighted by molar-refractivity contribution is 0.635. The van der Waals surface area contributed by atoms with E-state index in [2.05, 4.69) is 51.0 Å². The Morgan fingerprint density at radius 1 is 1.35 bits per heavy atom. The fourth-order valence-electron chi connectivity index (χ4n) is 2.26. The van der Waals surface area contributed by atoms with Gasteiger partial charge in [-0.1, -0.05) is 35.0 Å². The predicted octanol–water partition coefficient (Wildman–Crippen LogP) is 4.11. The third-order valence-electron chi connectivity index (χ3n) is 3.46. The number of fused-ring (bicyclic) bond motifs is 1. The highest BCUT2D eigenvalue weighted by atomic mass is 79.9. The predicted molar refractivity (Wildman–Crippen MR) is 88.2 cm³/mol. The van der Waals surface area contributed by atoms with E-state index in [1.54, 1.807) is 11.3 Å². The van der Waals surface area contributed by atoms with Crippen molar-refractivity contribution in [1.29, 1.82) is 0 Å². The van der Waals surface area contributed by atoms with Crippen molar-refractivity contribution in [2.45, 2.75) is 25.8 Å². The Kier molecular flexibility index (Phi) is 3.92. The van der Waals surface area contributed by atoms with Crippen molar-refractivity contribution in [3.05, 3.63) is 46.0 Å². The number of nitrogens with two attached hydrogens (primary N) is 1. The standard InChI is InChI=1S/C15H16BrN3S/c1-2-12(17)9-13-14(10-3-5-11(16)6-4-10)18-15-19(13)7-8-20-15/h3-8,12H,2,9,17H2,1H3. The molecule has 1 unspecified atom stereocenters. The summed E-state index contributed by atoms with van der Waals surface area (Å²) in [4.78, 5) is 5.80. The summed E-state index contributed by atoms with van der Waals surface area (Å²) in [5, 5.41) is 2.06. The van der Waals surface area contributed by atoms with E-state index >= 15 is 0 Å². The minimum atomic E-state index is 0.170. The molecule has 3 aromatic rings. The number of imidazole rings is 1. The van der Waals surface area contributed by atoms with Gasteiger partial charge in [0.25, 0.3) is 0 Å². The van der Waals surface area contributed by atoms with Crippen molar-refractivity contribution >= 4 is 32.2 Å². The van der Waals surface area contributed by atoms with Crippen molar-refractivity contribution < 1.29 is 0 Å². The van der Waals surface area contributed by atoms with Crippen LogP contribution < -0.4 is 5.73 Å². The molecule has 104 valence electrons. The van der Waals surface area contributed by atoms with Crippen LogP contribution in [0.4, 0.5) is 0 Å². The van der Waals surface area contributed by atoms with Crippen LogP contribution >= 0.6 is 27.3 Å². The Morgan fingerprint density at radius 3 is 2.80 bits per heavy atom. The van der Waals surface area contributed by atoms with Gasteiger partial charge in [-0.25, -0.2) is 4.98 Å². The number of hydrogen-bond donors (Lipinski definition) is 1. The third kappa shape index (κ3) is 2.53. The maximum atomic E-state index is 6.15. The Bertz CT molecular complexity index is 714. The van der Waals surface area contributed by atoms with E-state index in [0.29, 0.717) is 0 Å². The number of thiazole rings is 1. The van der Waals surface area contributed by atoms with Crippen molar-refractivity contribution in [1.82, 2.24) is 9.38 Å². The summed E-state index contributed by atoms with van der Waals surface area (Å²) in [5.74, 6) is 0. The monoisotopic (exact) mass is 349 g/mol. The average Bonchev–Trinajstić information content (AvgIpc) is 3.02. The van der Waals surface area contributed by atoms with Gasteiger partial charge in [0.15, 0.2) is 4.96 Å². The highest BCUT2D eigenvalue weighted by Crippen LogP contribution is 2.28. The van der Waals surface area contributed by atoms with E-state index in [1.165, 1.54) is 5.69 Å². The molecular weight excluding hydrogens is 334 g/mol. The zero-order valence-electron chi connectivity index (χ0n) is 11.2. The molecule has 2 heterocycles. The summed E-state index contributed by atoms with van der Waals surface area (Å²) in [6.45, 7) is 2.12. The Hall–Kier alpha value is -1.17. The van der Waals surface area contributed by atoms with E-state index in [4.69, 9.17) is 10.7 Å². The topological polar surface area (TPSA) is 43.3 Å². The Balaban J connectivity index is 2.11. The largest absolute Gasteiger partial charge is 0.327 e. The molecule has 20 heavy (non-hydrogen) atoms. The minimum Gasteiger partial charge on any atom is -0.327 e. The van der Waals surface area contributed by atoms with Gasteiger partial charge in [-0.15, -0.1) is 11.3 Å². The van der Waals surface area contributed by atoms with Crippen LogP contribution in [0.1, 0.15) is 19.0 Å². The van der Waals surface area contributed by atoms with Gasteiger partial charge in [-0.05, 0) is 18.6 Å². The zero-order chi connectivity index (χ0) is 14.1. The van der Waals surface area contributed by atoms with Gasteiger partial charge in [-0.2, -0.15) is 0 Å².